The Morgan fingerprint density at radius 1 is 0.946 bits per heavy atom. The predicted molar refractivity (Wildman–Crippen MR) is 144 cm³/mol. The maximum Gasteiger partial charge on any atom is 0.410 e. The molecule has 0 radical (unpaired) electrons. The number of aromatic nitrogens is 1. The van der Waals surface area contributed by atoms with Crippen LogP contribution in [0, 0.1) is 0 Å². The molecule has 1 saturated heterocycles. The number of piperazine rings is 1. The van der Waals surface area contributed by atoms with E-state index in [0.29, 0.717) is 58.2 Å². The van der Waals surface area contributed by atoms with Gasteiger partial charge in [-0.25, -0.2) is 4.79 Å². The minimum atomic E-state index is -0.516. The molecular formula is C29H37N3O5. The van der Waals surface area contributed by atoms with Gasteiger partial charge in [-0.1, -0.05) is 18.2 Å². The predicted octanol–water partition coefficient (Wildman–Crippen LogP) is 4.88. The topological polar surface area (TPSA) is 73.2 Å². The second kappa shape index (κ2) is 11.8. The van der Waals surface area contributed by atoms with E-state index >= 15 is 0 Å². The number of benzene rings is 2. The van der Waals surface area contributed by atoms with Crippen LogP contribution in [0.3, 0.4) is 0 Å². The van der Waals surface area contributed by atoms with Crippen LogP contribution in [-0.2, 0) is 22.6 Å². The Labute approximate surface area is 218 Å². The summed E-state index contributed by atoms with van der Waals surface area (Å²) in [5.74, 6) is 1.42. The van der Waals surface area contributed by atoms with Gasteiger partial charge in [-0.15, -0.1) is 0 Å². The van der Waals surface area contributed by atoms with Crippen LogP contribution in [0.5, 0.6) is 11.5 Å². The summed E-state index contributed by atoms with van der Waals surface area (Å²) < 4.78 is 18.9. The minimum absolute atomic E-state index is 0.0290. The fraction of sp³-hybridized carbons (Fsp3) is 0.448. The van der Waals surface area contributed by atoms with Crippen molar-refractivity contribution < 1.29 is 19.0 Å². The van der Waals surface area contributed by atoms with Crippen molar-refractivity contribution in [2.75, 3.05) is 39.4 Å². The van der Waals surface area contributed by atoms with Crippen molar-refractivity contribution >= 4 is 17.0 Å². The van der Waals surface area contributed by atoms with E-state index in [1.165, 1.54) is 0 Å². The SMILES string of the molecule is CCOCCn1c(=O)c(CN2CCN(C(=O)OC(C)(C)C)CC2)cc2ccc(Oc3ccccc3)cc21. The van der Waals surface area contributed by atoms with Gasteiger partial charge in [0.2, 0.25) is 0 Å². The maximum atomic E-state index is 13.6. The average Bonchev–Trinajstić information content (AvgIpc) is 2.86. The molecule has 1 aliphatic rings. The van der Waals surface area contributed by atoms with Crippen molar-refractivity contribution in [3.05, 3.63) is 70.5 Å². The van der Waals surface area contributed by atoms with Gasteiger partial charge in [0.1, 0.15) is 17.1 Å². The molecule has 1 fully saturated rings. The van der Waals surface area contributed by atoms with Crippen molar-refractivity contribution in [3.8, 4) is 11.5 Å². The molecule has 0 aliphatic carbocycles. The van der Waals surface area contributed by atoms with Gasteiger partial charge in [0.25, 0.3) is 5.56 Å². The first kappa shape index (κ1) is 26.7. The fourth-order valence-electron chi connectivity index (χ4n) is 4.39. The normalized spacial score (nSPS) is 14.6. The molecule has 0 saturated carbocycles. The Kier molecular flexibility index (Phi) is 8.51. The molecule has 1 aliphatic heterocycles. The number of amides is 1. The molecule has 1 aromatic heterocycles. The largest absolute Gasteiger partial charge is 0.457 e. The van der Waals surface area contributed by atoms with E-state index < -0.39 is 5.60 Å². The molecular weight excluding hydrogens is 470 g/mol. The van der Waals surface area contributed by atoms with E-state index in [4.69, 9.17) is 14.2 Å². The number of carbonyl (C=O) groups excluding carboxylic acids is 1. The summed E-state index contributed by atoms with van der Waals surface area (Å²) in [4.78, 5) is 30.0. The summed E-state index contributed by atoms with van der Waals surface area (Å²) in [5, 5.41) is 0.971. The first-order chi connectivity index (χ1) is 17.7. The van der Waals surface area contributed by atoms with Crippen molar-refractivity contribution in [2.45, 2.75) is 46.4 Å². The number of hydrogen-bond donors (Lipinski definition) is 0. The third kappa shape index (κ3) is 7.11. The molecule has 2 aromatic carbocycles. The summed E-state index contributed by atoms with van der Waals surface area (Å²) in [7, 11) is 0. The van der Waals surface area contributed by atoms with Gasteiger partial charge < -0.3 is 23.7 Å². The molecule has 0 unspecified atom stereocenters. The number of rotatable bonds is 8. The van der Waals surface area contributed by atoms with E-state index in [0.717, 1.165) is 22.2 Å². The fourth-order valence-corrected chi connectivity index (χ4v) is 4.39. The first-order valence-corrected chi connectivity index (χ1v) is 12.9. The number of nitrogens with zero attached hydrogens (tertiary/aromatic N) is 3. The van der Waals surface area contributed by atoms with Crippen LogP contribution in [0.1, 0.15) is 33.3 Å². The van der Waals surface area contributed by atoms with Gasteiger partial charge in [-0.3, -0.25) is 9.69 Å². The number of fused-ring (bicyclic) bond motifs is 1. The van der Waals surface area contributed by atoms with E-state index in [1.54, 1.807) is 9.47 Å². The zero-order chi connectivity index (χ0) is 26.4. The summed E-state index contributed by atoms with van der Waals surface area (Å²) in [6, 6.07) is 17.4. The molecule has 8 heteroatoms. The summed E-state index contributed by atoms with van der Waals surface area (Å²) in [6.07, 6.45) is -0.287. The summed E-state index contributed by atoms with van der Waals surface area (Å²) >= 11 is 0. The first-order valence-electron chi connectivity index (χ1n) is 12.9. The standard InChI is InChI=1S/C29H37N3O5/c1-5-35-18-17-32-26-20-25(36-24-9-7-6-8-10-24)12-11-22(26)19-23(27(32)33)21-30-13-15-31(16-14-30)28(34)37-29(2,3)4/h6-12,19-20H,5,13-18,21H2,1-4H3. The van der Waals surface area contributed by atoms with Crippen molar-refractivity contribution in [3.63, 3.8) is 0 Å². The van der Waals surface area contributed by atoms with E-state index in [1.807, 2.05) is 82.3 Å². The van der Waals surface area contributed by atoms with E-state index in [2.05, 4.69) is 4.90 Å². The van der Waals surface area contributed by atoms with Crippen LogP contribution in [0.25, 0.3) is 10.9 Å². The van der Waals surface area contributed by atoms with Crippen molar-refractivity contribution in [2.24, 2.45) is 0 Å². The van der Waals surface area contributed by atoms with Crippen LogP contribution in [-0.4, -0.2) is 65.5 Å². The third-order valence-corrected chi connectivity index (χ3v) is 6.20. The van der Waals surface area contributed by atoms with Gasteiger partial charge in [-0.2, -0.15) is 0 Å². The molecule has 198 valence electrons. The highest BCUT2D eigenvalue weighted by molar-refractivity contribution is 5.81. The smallest absolute Gasteiger partial charge is 0.410 e. The zero-order valence-electron chi connectivity index (χ0n) is 22.2. The second-order valence-electron chi connectivity index (χ2n) is 10.2. The maximum absolute atomic E-state index is 13.6. The van der Waals surface area contributed by atoms with Crippen LogP contribution < -0.4 is 10.3 Å². The molecule has 0 bridgehead atoms. The molecule has 1 amide bonds. The minimum Gasteiger partial charge on any atom is -0.457 e. The highest BCUT2D eigenvalue weighted by Gasteiger charge is 2.26. The zero-order valence-corrected chi connectivity index (χ0v) is 22.2. The molecule has 0 spiro atoms. The molecule has 0 atom stereocenters. The Bertz CT molecular complexity index is 1260. The quantitative estimate of drug-likeness (QED) is 0.405. The van der Waals surface area contributed by atoms with Gasteiger partial charge in [0.05, 0.1) is 12.1 Å². The molecule has 3 aromatic rings. The highest BCUT2D eigenvalue weighted by atomic mass is 16.6. The number of pyridine rings is 1. The third-order valence-electron chi connectivity index (χ3n) is 6.20. The van der Waals surface area contributed by atoms with Crippen LogP contribution >= 0.6 is 0 Å². The molecule has 37 heavy (non-hydrogen) atoms. The average molecular weight is 508 g/mol. The highest BCUT2D eigenvalue weighted by Crippen LogP contribution is 2.26. The van der Waals surface area contributed by atoms with Crippen molar-refractivity contribution in [1.82, 2.24) is 14.4 Å². The Morgan fingerprint density at radius 2 is 1.68 bits per heavy atom. The molecule has 0 N–H and O–H groups in total. The number of hydrogen-bond acceptors (Lipinski definition) is 6. The Hall–Kier alpha value is -3.36. The Morgan fingerprint density at radius 3 is 2.35 bits per heavy atom. The lowest BCUT2D eigenvalue weighted by Crippen LogP contribution is -2.50. The molecule has 4 rings (SSSR count). The lowest BCUT2D eigenvalue weighted by atomic mass is 10.1. The lowest BCUT2D eigenvalue weighted by molar-refractivity contribution is 0.0138. The Balaban J connectivity index is 1.54. The van der Waals surface area contributed by atoms with Crippen molar-refractivity contribution in [1.29, 1.82) is 0 Å². The monoisotopic (exact) mass is 507 g/mol. The van der Waals surface area contributed by atoms with E-state index in [-0.39, 0.29) is 11.7 Å². The van der Waals surface area contributed by atoms with Crippen LogP contribution in [0.4, 0.5) is 4.79 Å². The number of carbonyl (C=O) groups is 1. The number of ether oxygens (including phenoxy) is 3. The van der Waals surface area contributed by atoms with Gasteiger partial charge >= 0.3 is 6.09 Å². The van der Waals surface area contributed by atoms with E-state index in [9.17, 15) is 9.59 Å². The van der Waals surface area contributed by atoms with Crippen LogP contribution in [0.15, 0.2) is 59.4 Å². The number of para-hydroxylation sites is 1. The molecule has 2 heterocycles. The van der Waals surface area contributed by atoms with Crippen LogP contribution in [0.2, 0.25) is 0 Å². The second-order valence-corrected chi connectivity index (χ2v) is 10.2. The summed E-state index contributed by atoms with van der Waals surface area (Å²) in [5.41, 5.74) is 0.999. The van der Waals surface area contributed by atoms with Gasteiger partial charge in [0.15, 0.2) is 0 Å². The summed E-state index contributed by atoms with van der Waals surface area (Å²) in [6.45, 7) is 12.1. The van der Waals surface area contributed by atoms with Gasteiger partial charge in [0, 0.05) is 57.5 Å². The lowest BCUT2D eigenvalue weighted by Gasteiger charge is -2.35. The molecule has 8 nitrogen and oxygen atoms in total. The van der Waals surface area contributed by atoms with Gasteiger partial charge in [-0.05, 0) is 63.4 Å².